The lowest BCUT2D eigenvalue weighted by Gasteiger charge is -2.31. The van der Waals surface area contributed by atoms with Crippen LogP contribution in [0.3, 0.4) is 0 Å². The summed E-state index contributed by atoms with van der Waals surface area (Å²) in [6.45, 7) is 1.12. The molecule has 1 aliphatic heterocycles. The number of hydrogen-bond acceptors (Lipinski definition) is 6. The summed E-state index contributed by atoms with van der Waals surface area (Å²) in [7, 11) is 0. The predicted molar refractivity (Wildman–Crippen MR) is 142 cm³/mol. The number of nitrogens with one attached hydrogen (secondary N) is 2. The highest BCUT2D eigenvalue weighted by Gasteiger charge is 2.31. The Morgan fingerprint density at radius 2 is 1.77 bits per heavy atom. The molecule has 40 heavy (non-hydrogen) atoms. The highest BCUT2D eigenvalue weighted by atomic mass is 35.5. The standard InChI is InChI=1S/C28H26ClF2N5O4/c29-22-15-33-36(21-9-7-20(8-10-21)34-27(37)24-16-39-11-12-40-24)25(22)28(38)35-26-23(31)13-18(14-32-26)2-1-17-3-5-19(30)6-4-17/h3-6,13-15,20-21,24H,7-12,16H2,(H,34,37)(H,32,35,38)/t20-,21+,24?. The molecule has 1 atom stereocenters. The van der Waals surface area contributed by atoms with Crippen LogP contribution in [0.15, 0.2) is 42.7 Å². The van der Waals surface area contributed by atoms with Crippen LogP contribution in [0.2, 0.25) is 5.02 Å². The number of carbonyl (C=O) groups is 2. The van der Waals surface area contributed by atoms with E-state index in [0.29, 0.717) is 44.5 Å². The van der Waals surface area contributed by atoms with Crippen molar-refractivity contribution in [1.29, 1.82) is 0 Å². The second-order valence-electron chi connectivity index (χ2n) is 9.50. The van der Waals surface area contributed by atoms with Crippen LogP contribution in [-0.2, 0) is 14.3 Å². The van der Waals surface area contributed by atoms with Gasteiger partial charge in [0.25, 0.3) is 11.8 Å². The number of amides is 2. The number of hydrogen-bond donors (Lipinski definition) is 2. The number of pyridine rings is 1. The topological polar surface area (TPSA) is 107 Å². The molecule has 208 valence electrons. The Morgan fingerprint density at radius 3 is 2.48 bits per heavy atom. The maximum absolute atomic E-state index is 14.8. The van der Waals surface area contributed by atoms with Gasteiger partial charge >= 0.3 is 0 Å². The summed E-state index contributed by atoms with van der Waals surface area (Å²) in [5.74, 6) is 3.30. The highest BCUT2D eigenvalue weighted by Crippen LogP contribution is 2.31. The van der Waals surface area contributed by atoms with E-state index in [1.54, 1.807) is 4.68 Å². The molecular weight excluding hydrogens is 544 g/mol. The smallest absolute Gasteiger partial charge is 0.276 e. The van der Waals surface area contributed by atoms with Gasteiger partial charge in [-0.3, -0.25) is 14.3 Å². The van der Waals surface area contributed by atoms with Crippen molar-refractivity contribution in [3.05, 3.63) is 76.2 Å². The Hall–Kier alpha value is -3.85. The lowest BCUT2D eigenvalue weighted by Crippen LogP contribution is -2.47. The molecule has 12 heteroatoms. The van der Waals surface area contributed by atoms with E-state index in [2.05, 4.69) is 32.6 Å². The number of aromatic nitrogens is 3. The Labute approximate surface area is 234 Å². The maximum Gasteiger partial charge on any atom is 0.276 e. The molecule has 3 aromatic rings. The summed E-state index contributed by atoms with van der Waals surface area (Å²) in [6.07, 6.45) is 4.77. The van der Waals surface area contributed by atoms with E-state index >= 15 is 0 Å². The predicted octanol–water partition coefficient (Wildman–Crippen LogP) is 3.88. The van der Waals surface area contributed by atoms with Crippen LogP contribution in [0, 0.1) is 23.5 Å². The first-order valence-corrected chi connectivity index (χ1v) is 13.2. The van der Waals surface area contributed by atoms with Gasteiger partial charge in [-0.2, -0.15) is 5.10 Å². The minimum atomic E-state index is -0.773. The molecule has 2 aromatic heterocycles. The van der Waals surface area contributed by atoms with Crippen molar-refractivity contribution in [2.24, 2.45) is 0 Å². The first-order valence-electron chi connectivity index (χ1n) is 12.8. The van der Waals surface area contributed by atoms with E-state index < -0.39 is 17.8 Å². The van der Waals surface area contributed by atoms with Crippen molar-refractivity contribution in [1.82, 2.24) is 20.1 Å². The Kier molecular flexibility index (Phi) is 8.69. The normalized spacial score (nSPS) is 20.7. The van der Waals surface area contributed by atoms with Gasteiger partial charge in [-0.25, -0.2) is 13.8 Å². The van der Waals surface area contributed by atoms with Crippen LogP contribution in [0.4, 0.5) is 14.6 Å². The van der Waals surface area contributed by atoms with Crippen LogP contribution in [0.5, 0.6) is 0 Å². The number of nitrogens with zero attached hydrogens (tertiary/aromatic N) is 3. The molecule has 1 aliphatic carbocycles. The van der Waals surface area contributed by atoms with Crippen molar-refractivity contribution >= 4 is 29.2 Å². The van der Waals surface area contributed by atoms with Crippen molar-refractivity contribution in [3.63, 3.8) is 0 Å². The molecule has 1 saturated carbocycles. The van der Waals surface area contributed by atoms with Gasteiger partial charge in [0.05, 0.1) is 37.1 Å². The number of benzene rings is 1. The molecule has 2 N–H and O–H groups in total. The molecule has 0 radical (unpaired) electrons. The number of ether oxygens (including phenoxy) is 2. The molecule has 0 spiro atoms. The van der Waals surface area contributed by atoms with E-state index in [1.807, 2.05) is 0 Å². The van der Waals surface area contributed by atoms with Crippen molar-refractivity contribution in [3.8, 4) is 11.8 Å². The van der Waals surface area contributed by atoms with Crippen LogP contribution in [0.1, 0.15) is 53.3 Å². The molecule has 2 amide bonds. The van der Waals surface area contributed by atoms with Gasteiger partial charge in [0.1, 0.15) is 11.5 Å². The van der Waals surface area contributed by atoms with Crippen molar-refractivity contribution in [2.45, 2.75) is 43.9 Å². The molecule has 5 rings (SSSR count). The fourth-order valence-electron chi connectivity index (χ4n) is 4.67. The van der Waals surface area contributed by atoms with Gasteiger partial charge in [0.15, 0.2) is 17.7 Å². The average Bonchev–Trinajstić information content (AvgIpc) is 3.36. The summed E-state index contributed by atoms with van der Waals surface area (Å²) in [4.78, 5) is 29.6. The largest absolute Gasteiger partial charge is 0.376 e. The van der Waals surface area contributed by atoms with Crippen molar-refractivity contribution in [2.75, 3.05) is 25.1 Å². The number of halogens is 3. The molecule has 2 aliphatic rings. The monoisotopic (exact) mass is 569 g/mol. The van der Waals surface area contributed by atoms with Crippen LogP contribution in [0.25, 0.3) is 0 Å². The quantitative estimate of drug-likeness (QED) is 0.452. The third-order valence-corrected chi connectivity index (χ3v) is 7.01. The second-order valence-corrected chi connectivity index (χ2v) is 9.91. The Bertz CT molecular complexity index is 1440. The van der Waals surface area contributed by atoms with Gasteiger partial charge in [-0.05, 0) is 56.0 Å². The first kappa shape index (κ1) is 27.7. The summed E-state index contributed by atoms with van der Waals surface area (Å²) in [5, 5.41) is 9.91. The molecule has 1 unspecified atom stereocenters. The fraction of sp³-hybridized carbons (Fsp3) is 0.357. The van der Waals surface area contributed by atoms with Crippen LogP contribution in [-0.4, -0.2) is 58.5 Å². The van der Waals surface area contributed by atoms with E-state index in [1.165, 1.54) is 36.7 Å². The lowest BCUT2D eigenvalue weighted by molar-refractivity contribution is -0.148. The molecule has 9 nitrogen and oxygen atoms in total. The Balaban J connectivity index is 1.20. The van der Waals surface area contributed by atoms with E-state index in [0.717, 1.165) is 6.07 Å². The van der Waals surface area contributed by atoms with Gasteiger partial charge < -0.3 is 20.1 Å². The zero-order valence-electron chi connectivity index (χ0n) is 21.3. The van der Waals surface area contributed by atoms with E-state index in [-0.39, 0.29) is 52.5 Å². The van der Waals surface area contributed by atoms with Gasteiger partial charge in [0, 0.05) is 23.4 Å². The van der Waals surface area contributed by atoms with E-state index in [4.69, 9.17) is 21.1 Å². The zero-order valence-corrected chi connectivity index (χ0v) is 22.1. The lowest BCUT2D eigenvalue weighted by atomic mass is 9.91. The molecule has 3 heterocycles. The fourth-order valence-corrected chi connectivity index (χ4v) is 4.89. The first-order chi connectivity index (χ1) is 19.4. The molecule has 1 saturated heterocycles. The summed E-state index contributed by atoms with van der Waals surface area (Å²) >= 11 is 6.30. The zero-order chi connectivity index (χ0) is 28.1. The average molecular weight is 570 g/mol. The highest BCUT2D eigenvalue weighted by molar-refractivity contribution is 6.34. The third-order valence-electron chi connectivity index (χ3n) is 6.73. The maximum atomic E-state index is 14.8. The number of anilines is 1. The molecular formula is C28H26ClF2N5O4. The number of carbonyl (C=O) groups excluding carboxylic acids is 2. The Morgan fingerprint density at radius 1 is 1.02 bits per heavy atom. The summed E-state index contributed by atoms with van der Waals surface area (Å²) in [6, 6.07) is 6.58. The van der Waals surface area contributed by atoms with Crippen LogP contribution >= 0.6 is 11.6 Å². The van der Waals surface area contributed by atoms with Gasteiger partial charge in [-0.1, -0.05) is 23.4 Å². The van der Waals surface area contributed by atoms with Gasteiger partial charge in [-0.15, -0.1) is 0 Å². The summed E-state index contributed by atoms with van der Waals surface area (Å²) in [5.41, 5.74) is 0.948. The molecule has 2 fully saturated rings. The molecule has 1 aromatic carbocycles. The van der Waals surface area contributed by atoms with Crippen LogP contribution < -0.4 is 10.6 Å². The number of rotatable bonds is 5. The molecule has 0 bridgehead atoms. The van der Waals surface area contributed by atoms with E-state index in [9.17, 15) is 18.4 Å². The SMILES string of the molecule is O=C(Nc1ncc(C#Cc2ccc(F)cc2)cc1F)c1c(Cl)cnn1[C@H]1CC[C@@H](NC(=O)C2COCCO2)CC1. The second kappa shape index (κ2) is 12.6. The minimum Gasteiger partial charge on any atom is -0.376 e. The van der Waals surface area contributed by atoms with Crippen molar-refractivity contribution < 1.29 is 27.8 Å². The minimum absolute atomic E-state index is 0.0273. The third kappa shape index (κ3) is 6.65. The summed E-state index contributed by atoms with van der Waals surface area (Å²) < 4.78 is 40.1. The van der Waals surface area contributed by atoms with Gasteiger partial charge in [0.2, 0.25) is 0 Å².